The predicted molar refractivity (Wildman–Crippen MR) is 108 cm³/mol. The molecule has 2 aromatic rings. The Kier molecular flexibility index (Phi) is 4.65. The highest BCUT2D eigenvalue weighted by molar-refractivity contribution is 8.26. The van der Waals surface area contributed by atoms with Crippen molar-refractivity contribution in [1.29, 1.82) is 0 Å². The van der Waals surface area contributed by atoms with Crippen LogP contribution in [-0.2, 0) is 22.7 Å². The lowest BCUT2D eigenvalue weighted by atomic mass is 10.1. The highest BCUT2D eigenvalue weighted by Gasteiger charge is 2.33. The standard InChI is InChI=1S/C20H14FNO5S2/c21-14-4-12(18-13(5-14)8-24-9-27-18)6-17-19(23)22(20(28)29-17)7-11-1-2-15-16(3-11)26-10-25-15/h1-6H,7-10H2/b17-6-. The normalized spacial score (nSPS) is 18.9. The molecule has 0 bridgehead atoms. The summed E-state index contributed by atoms with van der Waals surface area (Å²) in [6.45, 7) is 0.849. The molecular weight excluding hydrogens is 417 g/mol. The van der Waals surface area contributed by atoms with E-state index in [9.17, 15) is 9.18 Å². The van der Waals surface area contributed by atoms with Crippen LogP contribution < -0.4 is 14.2 Å². The van der Waals surface area contributed by atoms with Crippen molar-refractivity contribution in [3.63, 3.8) is 0 Å². The molecule has 1 amide bonds. The first-order chi connectivity index (χ1) is 14.1. The van der Waals surface area contributed by atoms with E-state index < -0.39 is 5.82 Å². The van der Waals surface area contributed by atoms with Gasteiger partial charge in [-0.15, -0.1) is 0 Å². The van der Waals surface area contributed by atoms with Crippen molar-refractivity contribution in [3.05, 3.63) is 57.7 Å². The lowest BCUT2D eigenvalue weighted by molar-refractivity contribution is -0.122. The maximum atomic E-state index is 14.0. The minimum atomic E-state index is -0.417. The summed E-state index contributed by atoms with van der Waals surface area (Å²) in [5.41, 5.74) is 1.97. The van der Waals surface area contributed by atoms with Gasteiger partial charge in [-0.25, -0.2) is 4.39 Å². The van der Waals surface area contributed by atoms with E-state index in [1.54, 1.807) is 6.08 Å². The SMILES string of the molecule is O=C1/C(=C/c2cc(F)cc3c2OCOC3)SC(=S)N1Cc1ccc2c(c1)OCO2. The van der Waals surface area contributed by atoms with Gasteiger partial charge >= 0.3 is 0 Å². The van der Waals surface area contributed by atoms with Crippen molar-refractivity contribution in [1.82, 2.24) is 4.90 Å². The molecule has 29 heavy (non-hydrogen) atoms. The molecule has 0 N–H and O–H groups in total. The van der Waals surface area contributed by atoms with Gasteiger partial charge in [0.15, 0.2) is 18.3 Å². The Morgan fingerprint density at radius 1 is 1.14 bits per heavy atom. The summed E-state index contributed by atoms with van der Waals surface area (Å²) in [5, 5.41) is 0. The number of halogens is 1. The van der Waals surface area contributed by atoms with Crippen LogP contribution in [0.5, 0.6) is 17.2 Å². The minimum Gasteiger partial charge on any atom is -0.467 e. The summed E-state index contributed by atoms with van der Waals surface area (Å²) in [6.07, 6.45) is 1.62. The topological polar surface area (TPSA) is 57.2 Å². The van der Waals surface area contributed by atoms with Gasteiger partial charge in [0.2, 0.25) is 6.79 Å². The third-order valence-electron chi connectivity index (χ3n) is 4.64. The number of rotatable bonds is 3. The van der Waals surface area contributed by atoms with Gasteiger partial charge in [-0.3, -0.25) is 9.69 Å². The second-order valence-corrected chi connectivity index (χ2v) is 8.23. The molecule has 0 atom stereocenters. The molecule has 0 aliphatic carbocycles. The smallest absolute Gasteiger partial charge is 0.266 e. The molecule has 2 aromatic carbocycles. The minimum absolute atomic E-state index is 0.0878. The van der Waals surface area contributed by atoms with Crippen molar-refractivity contribution < 1.29 is 28.1 Å². The largest absolute Gasteiger partial charge is 0.467 e. The molecule has 0 saturated carbocycles. The fraction of sp³-hybridized carbons (Fsp3) is 0.200. The van der Waals surface area contributed by atoms with E-state index in [-0.39, 0.29) is 26.1 Å². The van der Waals surface area contributed by atoms with Gasteiger partial charge in [0, 0.05) is 11.1 Å². The quantitative estimate of drug-likeness (QED) is 0.541. The first-order valence-electron chi connectivity index (χ1n) is 8.75. The van der Waals surface area contributed by atoms with Gasteiger partial charge in [-0.05, 0) is 35.9 Å². The molecule has 3 aliphatic rings. The van der Waals surface area contributed by atoms with E-state index in [1.807, 2.05) is 18.2 Å². The first kappa shape index (κ1) is 18.4. The lowest BCUT2D eigenvalue weighted by Crippen LogP contribution is -2.27. The van der Waals surface area contributed by atoms with Crippen LogP contribution in [0.2, 0.25) is 0 Å². The number of thiocarbonyl (C=S) groups is 1. The molecule has 1 fully saturated rings. The second kappa shape index (κ2) is 7.33. The molecule has 0 aromatic heterocycles. The summed E-state index contributed by atoms with van der Waals surface area (Å²) >= 11 is 6.58. The van der Waals surface area contributed by atoms with Gasteiger partial charge < -0.3 is 18.9 Å². The molecule has 3 heterocycles. The average molecular weight is 431 g/mol. The summed E-state index contributed by atoms with van der Waals surface area (Å²) < 4.78 is 35.8. The number of amides is 1. The maximum absolute atomic E-state index is 14.0. The van der Waals surface area contributed by atoms with E-state index in [1.165, 1.54) is 28.8 Å². The van der Waals surface area contributed by atoms with Crippen LogP contribution in [0.3, 0.4) is 0 Å². The van der Waals surface area contributed by atoms with Crippen LogP contribution in [0.4, 0.5) is 4.39 Å². The Morgan fingerprint density at radius 2 is 2.00 bits per heavy atom. The number of ether oxygens (including phenoxy) is 4. The van der Waals surface area contributed by atoms with Gasteiger partial charge in [0.05, 0.1) is 18.1 Å². The van der Waals surface area contributed by atoms with Crippen LogP contribution in [0.25, 0.3) is 6.08 Å². The van der Waals surface area contributed by atoms with Crippen molar-refractivity contribution in [2.24, 2.45) is 0 Å². The van der Waals surface area contributed by atoms with Crippen molar-refractivity contribution >= 4 is 40.3 Å². The van der Waals surface area contributed by atoms with Crippen LogP contribution >= 0.6 is 24.0 Å². The van der Waals surface area contributed by atoms with Crippen molar-refractivity contribution in [3.8, 4) is 17.2 Å². The van der Waals surface area contributed by atoms with Crippen LogP contribution in [0, 0.1) is 5.82 Å². The molecule has 0 spiro atoms. The highest BCUT2D eigenvalue weighted by atomic mass is 32.2. The zero-order chi connectivity index (χ0) is 20.0. The number of carbonyl (C=O) groups is 1. The molecule has 5 rings (SSSR count). The number of benzene rings is 2. The highest BCUT2D eigenvalue weighted by Crippen LogP contribution is 2.38. The summed E-state index contributed by atoms with van der Waals surface area (Å²) in [5.74, 6) is 1.20. The van der Waals surface area contributed by atoms with Gasteiger partial charge in [0.1, 0.15) is 15.9 Å². The number of fused-ring (bicyclic) bond motifs is 2. The Bertz CT molecular complexity index is 1070. The summed E-state index contributed by atoms with van der Waals surface area (Å²) in [4.78, 5) is 14.9. The molecule has 9 heteroatoms. The van der Waals surface area contributed by atoms with E-state index in [0.717, 1.165) is 5.56 Å². The zero-order valence-corrected chi connectivity index (χ0v) is 16.6. The summed E-state index contributed by atoms with van der Waals surface area (Å²) in [7, 11) is 0. The van der Waals surface area contributed by atoms with Crippen molar-refractivity contribution in [2.45, 2.75) is 13.2 Å². The number of thioether (sulfide) groups is 1. The molecule has 6 nitrogen and oxygen atoms in total. The molecule has 0 radical (unpaired) electrons. The predicted octanol–water partition coefficient (Wildman–Crippen LogP) is 3.82. The Labute approximate surface area is 175 Å². The van der Waals surface area contributed by atoms with E-state index in [2.05, 4.69) is 0 Å². The second-order valence-electron chi connectivity index (χ2n) is 6.55. The van der Waals surface area contributed by atoms with Crippen molar-refractivity contribution in [2.75, 3.05) is 13.6 Å². The molecule has 148 valence electrons. The maximum Gasteiger partial charge on any atom is 0.266 e. The van der Waals surface area contributed by atoms with Gasteiger partial charge in [-0.1, -0.05) is 30.0 Å². The first-order valence-corrected chi connectivity index (χ1v) is 9.98. The number of carbonyl (C=O) groups excluding carboxylic acids is 1. The number of nitrogens with zero attached hydrogens (tertiary/aromatic N) is 1. The van der Waals surface area contributed by atoms with Crippen LogP contribution in [0.1, 0.15) is 16.7 Å². The van der Waals surface area contributed by atoms with Gasteiger partial charge in [0.25, 0.3) is 5.91 Å². The average Bonchev–Trinajstić information content (AvgIpc) is 3.27. The number of hydrogen-bond donors (Lipinski definition) is 0. The van der Waals surface area contributed by atoms with Crippen LogP contribution in [0.15, 0.2) is 35.2 Å². The third kappa shape index (κ3) is 3.45. The Morgan fingerprint density at radius 3 is 2.90 bits per heavy atom. The van der Waals surface area contributed by atoms with Crippen LogP contribution in [-0.4, -0.2) is 28.7 Å². The molecule has 1 saturated heterocycles. The number of hydrogen-bond acceptors (Lipinski definition) is 7. The fourth-order valence-corrected chi connectivity index (χ4v) is 4.56. The third-order valence-corrected chi connectivity index (χ3v) is 6.02. The summed E-state index contributed by atoms with van der Waals surface area (Å²) in [6, 6.07) is 8.22. The molecule has 0 unspecified atom stereocenters. The molecular formula is C20H14FNO5S2. The molecule has 3 aliphatic heterocycles. The zero-order valence-electron chi connectivity index (χ0n) is 15.0. The van der Waals surface area contributed by atoms with E-state index >= 15 is 0 Å². The van der Waals surface area contributed by atoms with E-state index in [4.69, 9.17) is 31.2 Å². The van der Waals surface area contributed by atoms with Gasteiger partial charge in [-0.2, -0.15) is 0 Å². The lowest BCUT2D eigenvalue weighted by Gasteiger charge is -2.19. The Balaban J connectivity index is 1.42. The fourth-order valence-electron chi connectivity index (χ4n) is 3.32. The monoisotopic (exact) mass is 431 g/mol. The Hall–Kier alpha value is -2.62. The van der Waals surface area contributed by atoms with E-state index in [0.29, 0.717) is 44.1 Å².